The first-order chi connectivity index (χ1) is 9.15. The zero-order chi connectivity index (χ0) is 13.4. The van der Waals surface area contributed by atoms with Crippen molar-refractivity contribution in [1.82, 2.24) is 0 Å². The highest BCUT2D eigenvalue weighted by Crippen LogP contribution is 2.40. The van der Waals surface area contributed by atoms with Gasteiger partial charge in [0, 0.05) is 9.35 Å². The van der Waals surface area contributed by atoms with Crippen LogP contribution in [0.25, 0.3) is 10.8 Å². The normalized spacial score (nSPS) is 12.8. The minimum Gasteiger partial charge on any atom is -0.125 e. The summed E-state index contributed by atoms with van der Waals surface area (Å²) in [6, 6.07) is 16.6. The molecule has 0 nitrogen and oxygen atoms in total. The van der Waals surface area contributed by atoms with Gasteiger partial charge in [0.05, 0.1) is 5.38 Å². The minimum absolute atomic E-state index is 0.168. The maximum absolute atomic E-state index is 6.55. The molecule has 0 fully saturated rings. The van der Waals surface area contributed by atoms with Gasteiger partial charge in [-0.1, -0.05) is 48.0 Å². The van der Waals surface area contributed by atoms with Crippen molar-refractivity contribution in [3.8, 4) is 0 Å². The summed E-state index contributed by atoms with van der Waals surface area (Å²) in [6.45, 7) is 0. The molecule has 0 amide bonds. The number of alkyl halides is 1. The smallest absolute Gasteiger partial charge is 0.107 e. The van der Waals surface area contributed by atoms with Crippen molar-refractivity contribution in [3.63, 3.8) is 0 Å². The summed E-state index contributed by atoms with van der Waals surface area (Å²) >= 11 is 17.5. The van der Waals surface area contributed by atoms with Crippen LogP contribution in [0, 0.1) is 0 Å². The Bertz CT molecular complexity index is 716. The van der Waals surface area contributed by atoms with Crippen LogP contribution in [0.15, 0.2) is 53.0 Å². The van der Waals surface area contributed by atoms with E-state index < -0.39 is 0 Å². The van der Waals surface area contributed by atoms with Crippen molar-refractivity contribution in [1.29, 1.82) is 0 Å². The van der Waals surface area contributed by atoms with Crippen LogP contribution in [0.3, 0.4) is 0 Å². The molecule has 0 N–H and O–H groups in total. The molecular weight excluding hydrogens is 363 g/mol. The summed E-state index contributed by atoms with van der Waals surface area (Å²) < 4.78 is 1.64. The van der Waals surface area contributed by atoms with Gasteiger partial charge in [0.1, 0.15) is 4.34 Å². The third-order valence-electron chi connectivity index (χ3n) is 2.98. The van der Waals surface area contributed by atoms with Crippen LogP contribution in [0.1, 0.15) is 15.8 Å². The number of hydrogen-bond donors (Lipinski definition) is 0. The van der Waals surface area contributed by atoms with E-state index in [1.165, 1.54) is 22.1 Å². The van der Waals surface area contributed by atoms with Crippen LogP contribution >= 0.6 is 50.5 Å². The molecule has 0 radical (unpaired) electrons. The Morgan fingerprint density at radius 1 is 1.00 bits per heavy atom. The lowest BCUT2D eigenvalue weighted by Gasteiger charge is -2.09. The highest BCUT2D eigenvalue weighted by atomic mass is 79.9. The van der Waals surface area contributed by atoms with Crippen LogP contribution in [0.5, 0.6) is 0 Å². The molecule has 1 heterocycles. The molecule has 1 aromatic heterocycles. The van der Waals surface area contributed by atoms with Crippen LogP contribution < -0.4 is 0 Å². The molecule has 96 valence electrons. The molecule has 0 saturated heterocycles. The third-order valence-corrected chi connectivity index (χ3v) is 6.14. The van der Waals surface area contributed by atoms with Gasteiger partial charge in [0.25, 0.3) is 0 Å². The molecule has 0 bridgehead atoms. The quantitative estimate of drug-likeness (QED) is 0.442. The Labute approximate surface area is 134 Å². The van der Waals surface area contributed by atoms with Crippen molar-refractivity contribution >= 4 is 61.2 Å². The maximum atomic E-state index is 6.55. The fourth-order valence-corrected chi connectivity index (χ4v) is 4.09. The van der Waals surface area contributed by atoms with Gasteiger partial charge in [-0.2, -0.15) is 0 Å². The Morgan fingerprint density at radius 2 is 1.74 bits per heavy atom. The predicted octanol–water partition coefficient (Wildman–Crippen LogP) is 6.65. The number of hydrogen-bond acceptors (Lipinski definition) is 1. The monoisotopic (exact) mass is 370 g/mol. The van der Waals surface area contributed by atoms with E-state index in [1.54, 1.807) is 0 Å². The van der Waals surface area contributed by atoms with E-state index in [4.69, 9.17) is 23.2 Å². The zero-order valence-corrected chi connectivity index (χ0v) is 13.7. The third kappa shape index (κ3) is 2.68. The fourth-order valence-electron chi connectivity index (χ4n) is 2.02. The second kappa shape index (κ2) is 5.45. The summed E-state index contributed by atoms with van der Waals surface area (Å²) in [7, 11) is 0. The van der Waals surface area contributed by atoms with Crippen molar-refractivity contribution in [3.05, 3.63) is 67.8 Å². The Balaban J connectivity index is 2.03. The van der Waals surface area contributed by atoms with Crippen molar-refractivity contribution in [2.45, 2.75) is 5.38 Å². The van der Waals surface area contributed by atoms with Gasteiger partial charge in [-0.15, -0.1) is 22.9 Å². The molecule has 0 aliphatic rings. The number of rotatable bonds is 2. The average molecular weight is 372 g/mol. The van der Waals surface area contributed by atoms with Gasteiger partial charge < -0.3 is 0 Å². The van der Waals surface area contributed by atoms with E-state index in [-0.39, 0.29) is 5.38 Å². The molecule has 1 unspecified atom stereocenters. The van der Waals surface area contributed by atoms with Crippen molar-refractivity contribution < 1.29 is 0 Å². The van der Waals surface area contributed by atoms with Crippen LogP contribution in [-0.4, -0.2) is 0 Å². The second-order valence-electron chi connectivity index (χ2n) is 4.24. The van der Waals surface area contributed by atoms with E-state index >= 15 is 0 Å². The Hall–Kier alpha value is -0.540. The van der Waals surface area contributed by atoms with Gasteiger partial charge in [-0.05, 0) is 44.4 Å². The highest BCUT2D eigenvalue weighted by molar-refractivity contribution is 9.10. The zero-order valence-electron chi connectivity index (χ0n) is 9.74. The van der Waals surface area contributed by atoms with E-state index in [0.29, 0.717) is 0 Å². The summed E-state index contributed by atoms with van der Waals surface area (Å²) in [4.78, 5) is 1.05. The lowest BCUT2D eigenvalue weighted by atomic mass is 10.0. The van der Waals surface area contributed by atoms with E-state index in [0.717, 1.165) is 19.2 Å². The topological polar surface area (TPSA) is 0 Å². The van der Waals surface area contributed by atoms with Gasteiger partial charge in [-0.3, -0.25) is 0 Å². The van der Waals surface area contributed by atoms with Crippen LogP contribution in [0.4, 0.5) is 0 Å². The number of thiophene rings is 1. The highest BCUT2D eigenvalue weighted by Gasteiger charge is 2.15. The lowest BCUT2D eigenvalue weighted by molar-refractivity contribution is 1.19. The van der Waals surface area contributed by atoms with E-state index in [2.05, 4.69) is 46.3 Å². The molecule has 4 heteroatoms. The summed E-state index contributed by atoms with van der Waals surface area (Å²) in [5.74, 6) is 0. The maximum Gasteiger partial charge on any atom is 0.107 e. The molecule has 1 atom stereocenters. The van der Waals surface area contributed by atoms with E-state index in [1.807, 2.05) is 18.2 Å². The first-order valence-corrected chi connectivity index (χ1v) is 8.15. The minimum atomic E-state index is -0.168. The molecule has 2 aromatic carbocycles. The van der Waals surface area contributed by atoms with Crippen LogP contribution in [-0.2, 0) is 0 Å². The molecule has 0 aliphatic carbocycles. The standard InChI is InChI=1S/C15H9BrCl2S/c16-12-8-13(19-15(12)18)14(17)11-6-5-9-3-1-2-4-10(9)7-11/h1-8,14H. The molecule has 0 aliphatic heterocycles. The van der Waals surface area contributed by atoms with Crippen LogP contribution in [0.2, 0.25) is 4.34 Å². The lowest BCUT2D eigenvalue weighted by Crippen LogP contribution is -1.89. The molecule has 19 heavy (non-hydrogen) atoms. The van der Waals surface area contributed by atoms with Gasteiger partial charge >= 0.3 is 0 Å². The fraction of sp³-hybridized carbons (Fsp3) is 0.0667. The predicted molar refractivity (Wildman–Crippen MR) is 88.7 cm³/mol. The SMILES string of the molecule is Clc1sc(C(Cl)c2ccc3ccccc3c2)cc1Br. The molecular formula is C15H9BrCl2S. The Kier molecular flexibility index (Phi) is 3.86. The Morgan fingerprint density at radius 3 is 2.42 bits per heavy atom. The summed E-state index contributed by atoms with van der Waals surface area (Å²) in [5, 5.41) is 2.26. The first kappa shape index (κ1) is 13.4. The van der Waals surface area contributed by atoms with Gasteiger partial charge in [0.2, 0.25) is 0 Å². The number of halogens is 3. The molecule has 0 spiro atoms. The van der Waals surface area contributed by atoms with Crippen molar-refractivity contribution in [2.75, 3.05) is 0 Å². The summed E-state index contributed by atoms with van der Waals surface area (Å²) in [6.07, 6.45) is 0. The largest absolute Gasteiger partial charge is 0.125 e. The second-order valence-corrected chi connectivity index (χ2v) is 7.22. The molecule has 3 aromatic rings. The summed E-state index contributed by atoms with van der Waals surface area (Å²) in [5.41, 5.74) is 1.09. The van der Waals surface area contributed by atoms with E-state index in [9.17, 15) is 0 Å². The van der Waals surface area contributed by atoms with Crippen molar-refractivity contribution in [2.24, 2.45) is 0 Å². The first-order valence-electron chi connectivity index (χ1n) is 5.72. The molecule has 0 saturated carbocycles. The number of fused-ring (bicyclic) bond motifs is 1. The average Bonchev–Trinajstić information content (AvgIpc) is 2.77. The number of benzene rings is 2. The van der Waals surface area contributed by atoms with Gasteiger partial charge in [0.15, 0.2) is 0 Å². The van der Waals surface area contributed by atoms with Gasteiger partial charge in [-0.25, -0.2) is 0 Å². The molecule has 3 rings (SSSR count).